The van der Waals surface area contributed by atoms with Crippen LogP contribution in [0.1, 0.15) is 6.92 Å². The molecule has 12 heavy (non-hydrogen) atoms. The molecule has 0 fully saturated rings. The molecule has 0 atom stereocenters. The van der Waals surface area contributed by atoms with Gasteiger partial charge in [0.05, 0.1) is 5.75 Å². The van der Waals surface area contributed by atoms with E-state index in [4.69, 9.17) is 0 Å². The zero-order valence-electron chi connectivity index (χ0n) is 5.88. The van der Waals surface area contributed by atoms with Crippen LogP contribution in [0.2, 0.25) is 0 Å². The van der Waals surface area contributed by atoms with Gasteiger partial charge in [-0.15, -0.1) is 0 Å². The summed E-state index contributed by atoms with van der Waals surface area (Å²) in [4.78, 5) is 3.13. The number of hydrogen-bond acceptors (Lipinski definition) is 4. The van der Waals surface area contributed by atoms with Gasteiger partial charge < -0.3 is 0 Å². The molecule has 0 bridgehead atoms. The van der Waals surface area contributed by atoms with Crippen LogP contribution in [0, 0.1) is 0 Å². The van der Waals surface area contributed by atoms with Crippen LogP contribution in [0.3, 0.4) is 0 Å². The lowest BCUT2D eigenvalue weighted by Crippen LogP contribution is -2.07. The topological polar surface area (TPSA) is 52.6 Å². The Morgan fingerprint density at radius 2 is 1.83 bits per heavy atom. The second-order valence-electron chi connectivity index (χ2n) is 1.53. The van der Waals surface area contributed by atoms with Crippen molar-refractivity contribution < 1.29 is 30.8 Å². The fourth-order valence-electron chi connectivity index (χ4n) is 0.161. The minimum atomic E-state index is -4.08. The van der Waals surface area contributed by atoms with E-state index in [1.54, 1.807) is 0 Å². The molecule has 0 aromatic heterocycles. The Labute approximate surface area is 66.6 Å². The van der Waals surface area contributed by atoms with Gasteiger partial charge in [-0.05, 0) is 6.92 Å². The summed E-state index contributed by atoms with van der Waals surface area (Å²) in [5.74, 6) is -0.506. The van der Waals surface area contributed by atoms with E-state index in [2.05, 4.69) is 9.22 Å². The van der Waals surface area contributed by atoms with Crippen molar-refractivity contribution in [2.75, 3.05) is 5.75 Å². The summed E-state index contributed by atoms with van der Waals surface area (Å²) in [5, 5.41) is 0. The molecule has 0 saturated heterocycles. The van der Waals surface area contributed by atoms with Crippen molar-refractivity contribution in [1.29, 1.82) is 0 Å². The first-order valence-electron chi connectivity index (χ1n) is 2.68. The normalized spacial score (nSPS) is 11.0. The molecule has 0 radical (unpaired) electrons. The second kappa shape index (κ2) is 4.31. The minimum Gasteiger partial charge on any atom is -0.283 e. The van der Waals surface area contributed by atoms with Crippen LogP contribution in [-0.2, 0) is 19.3 Å². The van der Waals surface area contributed by atoms with Crippen LogP contribution in [0.15, 0.2) is 12.1 Å². The molecular formula is C4H5F3O4S. The molecule has 0 aliphatic carbocycles. The van der Waals surface area contributed by atoms with Gasteiger partial charge in [-0.2, -0.15) is 21.6 Å². The zero-order chi connectivity index (χ0) is 9.78. The fourth-order valence-corrected chi connectivity index (χ4v) is 0.421. The van der Waals surface area contributed by atoms with Gasteiger partial charge in [-0.3, -0.25) is 4.89 Å². The maximum Gasteiger partial charge on any atom is 0.377 e. The molecule has 0 rings (SSSR count). The van der Waals surface area contributed by atoms with Crippen molar-refractivity contribution in [3.63, 3.8) is 0 Å². The molecule has 0 heterocycles. The molecule has 8 heteroatoms. The molecule has 0 saturated carbocycles. The molecule has 4 nitrogen and oxygen atoms in total. The molecule has 0 N–H and O–H groups in total. The monoisotopic (exact) mass is 206 g/mol. The van der Waals surface area contributed by atoms with Crippen LogP contribution in [0.5, 0.6) is 0 Å². The summed E-state index contributed by atoms with van der Waals surface area (Å²) in [6.45, 7) is 1.17. The van der Waals surface area contributed by atoms with Gasteiger partial charge in [0.25, 0.3) is 0 Å². The standard InChI is InChI=1S/C4H5F3O4S/c1-2-12(8,9)11-10-4(7)3(5)6/h2H2,1H3. The van der Waals surface area contributed by atoms with Gasteiger partial charge in [0.1, 0.15) is 0 Å². The van der Waals surface area contributed by atoms with E-state index in [9.17, 15) is 21.6 Å². The molecule has 0 aromatic rings. The molecule has 0 spiro atoms. The van der Waals surface area contributed by atoms with Gasteiger partial charge in [-0.1, -0.05) is 4.33 Å². The Morgan fingerprint density at radius 3 is 2.17 bits per heavy atom. The minimum absolute atomic E-state index is 0.506. The van der Waals surface area contributed by atoms with Gasteiger partial charge in [0.15, 0.2) is 0 Å². The van der Waals surface area contributed by atoms with E-state index < -0.39 is 28.0 Å². The molecule has 72 valence electrons. The van der Waals surface area contributed by atoms with E-state index >= 15 is 0 Å². The predicted octanol–water partition coefficient (Wildman–Crippen LogP) is 1.32. The third kappa shape index (κ3) is 4.19. The Morgan fingerprint density at radius 1 is 1.33 bits per heavy atom. The average molecular weight is 206 g/mol. The first-order valence-corrected chi connectivity index (χ1v) is 4.26. The van der Waals surface area contributed by atoms with Gasteiger partial charge in [0, 0.05) is 0 Å². The maximum absolute atomic E-state index is 11.7. The highest BCUT2D eigenvalue weighted by atomic mass is 32.2. The van der Waals surface area contributed by atoms with Crippen molar-refractivity contribution >= 4 is 10.1 Å². The first kappa shape index (κ1) is 11.2. The first-order chi connectivity index (χ1) is 5.39. The lowest BCUT2D eigenvalue weighted by molar-refractivity contribution is -0.187. The van der Waals surface area contributed by atoms with Gasteiger partial charge in [0.2, 0.25) is 0 Å². The quantitative estimate of drug-likeness (QED) is 0.395. The summed E-state index contributed by atoms with van der Waals surface area (Å²) in [5.41, 5.74) is 0. The number of halogens is 3. The molecule has 0 unspecified atom stereocenters. The molecular weight excluding hydrogens is 201 g/mol. The van der Waals surface area contributed by atoms with Crippen LogP contribution in [-0.4, -0.2) is 14.2 Å². The summed E-state index contributed by atoms with van der Waals surface area (Å²) in [7, 11) is -4.08. The van der Waals surface area contributed by atoms with E-state index in [1.807, 2.05) is 0 Å². The predicted molar refractivity (Wildman–Crippen MR) is 32.0 cm³/mol. The third-order valence-electron chi connectivity index (χ3n) is 0.713. The van der Waals surface area contributed by atoms with Crippen molar-refractivity contribution in [3.8, 4) is 0 Å². The maximum atomic E-state index is 11.7. The molecule has 0 aliphatic rings. The van der Waals surface area contributed by atoms with Gasteiger partial charge in [-0.25, -0.2) is 0 Å². The second-order valence-corrected chi connectivity index (χ2v) is 3.36. The van der Waals surface area contributed by atoms with E-state index in [-0.39, 0.29) is 0 Å². The Bertz CT molecular complexity index is 266. The number of hydrogen-bond donors (Lipinski definition) is 0. The lowest BCUT2D eigenvalue weighted by Gasteiger charge is -1.98. The van der Waals surface area contributed by atoms with Gasteiger partial charge >= 0.3 is 22.2 Å². The van der Waals surface area contributed by atoms with E-state index in [1.165, 1.54) is 6.92 Å². The fraction of sp³-hybridized carbons (Fsp3) is 0.500. The Kier molecular flexibility index (Phi) is 4.04. The van der Waals surface area contributed by atoms with Crippen molar-refractivity contribution in [3.05, 3.63) is 12.1 Å². The molecule has 0 aromatic carbocycles. The SMILES string of the molecule is CCS(=O)(=O)OOC(F)=C(F)F. The highest BCUT2D eigenvalue weighted by Gasteiger charge is 2.14. The smallest absolute Gasteiger partial charge is 0.283 e. The molecule has 0 amide bonds. The summed E-state index contributed by atoms with van der Waals surface area (Å²) < 4.78 is 58.2. The van der Waals surface area contributed by atoms with Crippen LogP contribution >= 0.6 is 0 Å². The lowest BCUT2D eigenvalue weighted by atomic mass is 11.0. The Hall–Kier alpha value is -0.760. The highest BCUT2D eigenvalue weighted by molar-refractivity contribution is 7.86. The summed E-state index contributed by atoms with van der Waals surface area (Å²) in [6, 6.07) is -2.37. The highest BCUT2D eigenvalue weighted by Crippen LogP contribution is 2.11. The van der Waals surface area contributed by atoms with Crippen LogP contribution in [0.4, 0.5) is 13.2 Å². The van der Waals surface area contributed by atoms with E-state index in [0.29, 0.717) is 0 Å². The van der Waals surface area contributed by atoms with Crippen molar-refractivity contribution in [2.24, 2.45) is 0 Å². The number of rotatable bonds is 4. The third-order valence-corrected chi connectivity index (χ3v) is 1.70. The largest absolute Gasteiger partial charge is 0.377 e. The van der Waals surface area contributed by atoms with Crippen LogP contribution in [0.25, 0.3) is 0 Å². The van der Waals surface area contributed by atoms with Crippen LogP contribution < -0.4 is 0 Å². The van der Waals surface area contributed by atoms with Crippen molar-refractivity contribution in [1.82, 2.24) is 0 Å². The summed E-state index contributed by atoms with van der Waals surface area (Å²) in [6.07, 6.45) is -2.79. The Balaban J connectivity index is 4.11. The average Bonchev–Trinajstić information content (AvgIpc) is 2.00. The van der Waals surface area contributed by atoms with E-state index in [0.717, 1.165) is 0 Å². The zero-order valence-corrected chi connectivity index (χ0v) is 6.70. The molecule has 0 aliphatic heterocycles. The van der Waals surface area contributed by atoms with Crippen molar-refractivity contribution in [2.45, 2.75) is 6.92 Å². The summed E-state index contributed by atoms with van der Waals surface area (Å²) >= 11 is 0.